The lowest BCUT2D eigenvalue weighted by atomic mass is 9.90. The standard InChI is InChI=1S/C37H38N2O3S/c1-3-38(27-29-13-7-5-8-14-29)33-23-19-31(20-24-33)37(35-17-11-12-18-36(35)43(40,41)42)32-21-25-34(26-22-32)39(4-2)28-30-15-9-6-10-16-30/h5-26,33H,3-4,27-28H2,1-2H3,(H,40,41,42). The minimum atomic E-state index is -4.45. The number of benzene rings is 4. The fraction of sp³-hybridized carbons (Fsp3) is 0.189. The summed E-state index contributed by atoms with van der Waals surface area (Å²) in [4.78, 5) is 4.57. The molecule has 0 saturated heterocycles. The van der Waals surface area contributed by atoms with E-state index in [1.165, 1.54) is 17.2 Å². The Balaban J connectivity index is 1.52. The number of nitrogens with zero attached hydrogens (tertiary/aromatic N) is 2. The number of hydrogen-bond donors (Lipinski definition) is 1. The molecule has 0 bridgehead atoms. The predicted molar refractivity (Wildman–Crippen MR) is 176 cm³/mol. The maximum atomic E-state index is 12.5. The monoisotopic (exact) mass is 590 g/mol. The summed E-state index contributed by atoms with van der Waals surface area (Å²) in [5, 5.41) is 0. The molecule has 6 heteroatoms. The Morgan fingerprint density at radius 2 is 1.26 bits per heavy atom. The largest absolute Gasteiger partial charge is 0.367 e. The van der Waals surface area contributed by atoms with Crippen LogP contribution in [-0.2, 0) is 23.2 Å². The van der Waals surface area contributed by atoms with Crippen LogP contribution in [-0.4, -0.2) is 37.0 Å². The zero-order valence-corrected chi connectivity index (χ0v) is 25.5. The average molecular weight is 591 g/mol. The molecule has 0 atom stereocenters. The van der Waals surface area contributed by atoms with Gasteiger partial charge in [0.05, 0.1) is 0 Å². The van der Waals surface area contributed by atoms with Crippen LogP contribution in [0.4, 0.5) is 5.69 Å². The molecule has 5 rings (SSSR count). The molecule has 0 spiro atoms. The zero-order chi connectivity index (χ0) is 30.2. The second kappa shape index (κ2) is 13.8. The second-order valence-corrected chi connectivity index (χ2v) is 12.0. The topological polar surface area (TPSA) is 60.9 Å². The Morgan fingerprint density at radius 3 is 1.81 bits per heavy atom. The number of likely N-dealkylation sites (N-methyl/N-ethyl adjacent to an activating group) is 1. The van der Waals surface area contributed by atoms with E-state index >= 15 is 0 Å². The van der Waals surface area contributed by atoms with Crippen molar-refractivity contribution in [3.05, 3.63) is 161 Å². The van der Waals surface area contributed by atoms with Crippen molar-refractivity contribution in [2.75, 3.05) is 18.0 Å². The van der Waals surface area contributed by atoms with Crippen molar-refractivity contribution in [3.8, 4) is 0 Å². The molecule has 1 N–H and O–H groups in total. The van der Waals surface area contributed by atoms with Crippen molar-refractivity contribution in [2.45, 2.75) is 37.9 Å². The van der Waals surface area contributed by atoms with Gasteiger partial charge in [0.2, 0.25) is 0 Å². The van der Waals surface area contributed by atoms with Crippen molar-refractivity contribution in [1.82, 2.24) is 4.90 Å². The van der Waals surface area contributed by atoms with Crippen LogP contribution in [0.25, 0.3) is 5.57 Å². The molecule has 5 nitrogen and oxygen atoms in total. The lowest BCUT2D eigenvalue weighted by molar-refractivity contribution is 0.264. The minimum absolute atomic E-state index is 0.102. The molecule has 220 valence electrons. The number of anilines is 1. The summed E-state index contributed by atoms with van der Waals surface area (Å²) < 4.78 is 35.1. The van der Waals surface area contributed by atoms with Gasteiger partial charge in [-0.2, -0.15) is 8.42 Å². The van der Waals surface area contributed by atoms with Crippen LogP contribution >= 0.6 is 0 Å². The Labute approximate surface area is 255 Å². The quantitative estimate of drug-likeness (QED) is 0.181. The van der Waals surface area contributed by atoms with Gasteiger partial charge in [0.1, 0.15) is 4.90 Å². The molecule has 0 fully saturated rings. The molecule has 43 heavy (non-hydrogen) atoms. The van der Waals surface area contributed by atoms with Crippen molar-refractivity contribution < 1.29 is 13.0 Å². The molecular weight excluding hydrogens is 552 g/mol. The number of rotatable bonds is 11. The molecule has 4 aromatic rings. The molecule has 4 aromatic carbocycles. The van der Waals surface area contributed by atoms with Crippen LogP contribution in [0.3, 0.4) is 0 Å². The predicted octanol–water partition coefficient (Wildman–Crippen LogP) is 7.78. The van der Waals surface area contributed by atoms with Crippen LogP contribution < -0.4 is 4.90 Å². The van der Waals surface area contributed by atoms with Gasteiger partial charge >= 0.3 is 0 Å². The second-order valence-electron chi connectivity index (χ2n) is 10.6. The first-order valence-electron chi connectivity index (χ1n) is 14.7. The summed E-state index contributed by atoms with van der Waals surface area (Å²) in [6.45, 7) is 7.63. The average Bonchev–Trinajstić information content (AvgIpc) is 3.04. The molecule has 0 unspecified atom stereocenters. The SMILES string of the molecule is CCN(Cc1ccccc1)c1ccc(C(=C2C=CC(N(CC)Cc3ccccc3)C=C2)c2ccccc2S(=O)(=O)O)cc1. The Hall–Kier alpha value is -4.23. The molecule has 0 saturated carbocycles. The molecule has 0 aromatic heterocycles. The molecule has 0 amide bonds. The van der Waals surface area contributed by atoms with E-state index in [-0.39, 0.29) is 10.9 Å². The molecule has 0 heterocycles. The van der Waals surface area contributed by atoms with Crippen molar-refractivity contribution in [2.24, 2.45) is 0 Å². The smallest absolute Gasteiger partial charge is 0.295 e. The lowest BCUT2D eigenvalue weighted by Gasteiger charge is -2.28. The first-order chi connectivity index (χ1) is 20.9. The van der Waals surface area contributed by atoms with E-state index in [1.807, 2.05) is 24.3 Å². The summed E-state index contributed by atoms with van der Waals surface area (Å²) in [5.74, 6) is 0. The highest BCUT2D eigenvalue weighted by molar-refractivity contribution is 7.86. The van der Waals surface area contributed by atoms with Gasteiger partial charge in [0, 0.05) is 36.9 Å². The summed E-state index contributed by atoms with van der Waals surface area (Å²) in [6, 6.07) is 35.8. The summed E-state index contributed by atoms with van der Waals surface area (Å²) in [5.41, 5.74) is 6.54. The first kappa shape index (κ1) is 30.2. The van der Waals surface area contributed by atoms with Crippen molar-refractivity contribution >= 4 is 21.4 Å². The van der Waals surface area contributed by atoms with Gasteiger partial charge in [-0.05, 0) is 59.5 Å². The summed E-state index contributed by atoms with van der Waals surface area (Å²) >= 11 is 0. The Kier molecular flexibility index (Phi) is 9.72. The zero-order valence-electron chi connectivity index (χ0n) is 24.7. The molecule has 1 aliphatic rings. The van der Waals surface area contributed by atoms with E-state index in [9.17, 15) is 13.0 Å². The highest BCUT2D eigenvalue weighted by atomic mass is 32.2. The Bertz CT molecular complexity index is 1690. The minimum Gasteiger partial charge on any atom is -0.367 e. The van der Waals surface area contributed by atoms with E-state index in [0.29, 0.717) is 5.56 Å². The van der Waals surface area contributed by atoms with Crippen LogP contribution in [0.5, 0.6) is 0 Å². The molecular formula is C37H38N2O3S. The van der Waals surface area contributed by atoms with Gasteiger partial charge < -0.3 is 4.90 Å². The maximum absolute atomic E-state index is 12.5. The lowest BCUT2D eigenvalue weighted by Crippen LogP contribution is -2.32. The van der Waals surface area contributed by atoms with Gasteiger partial charge in [0.25, 0.3) is 10.1 Å². The third-order valence-electron chi connectivity index (χ3n) is 7.84. The third kappa shape index (κ3) is 7.41. The third-order valence-corrected chi connectivity index (χ3v) is 8.76. The first-order valence-corrected chi connectivity index (χ1v) is 16.2. The van der Waals surface area contributed by atoms with E-state index in [0.717, 1.165) is 48.6 Å². The molecule has 0 aliphatic heterocycles. The highest BCUT2D eigenvalue weighted by Gasteiger charge is 2.22. The van der Waals surface area contributed by atoms with Crippen LogP contribution in [0.1, 0.15) is 36.1 Å². The fourth-order valence-electron chi connectivity index (χ4n) is 5.58. The van der Waals surface area contributed by atoms with Gasteiger partial charge in [-0.1, -0.05) is 122 Å². The molecule has 0 radical (unpaired) electrons. The van der Waals surface area contributed by atoms with Crippen molar-refractivity contribution in [1.29, 1.82) is 0 Å². The van der Waals surface area contributed by atoms with Gasteiger partial charge in [-0.3, -0.25) is 9.45 Å². The van der Waals surface area contributed by atoms with Crippen LogP contribution in [0, 0.1) is 0 Å². The summed E-state index contributed by atoms with van der Waals surface area (Å²) in [7, 11) is -4.45. The van der Waals surface area contributed by atoms with E-state index in [1.54, 1.807) is 18.2 Å². The number of hydrogen-bond acceptors (Lipinski definition) is 4. The van der Waals surface area contributed by atoms with E-state index in [2.05, 4.69) is 109 Å². The normalized spacial score (nSPS) is 14.7. The fourth-order valence-corrected chi connectivity index (χ4v) is 6.28. The van der Waals surface area contributed by atoms with Crippen LogP contribution in [0.2, 0.25) is 0 Å². The van der Waals surface area contributed by atoms with Gasteiger partial charge in [-0.25, -0.2) is 0 Å². The van der Waals surface area contributed by atoms with E-state index in [4.69, 9.17) is 0 Å². The molecule has 1 aliphatic carbocycles. The van der Waals surface area contributed by atoms with E-state index < -0.39 is 10.1 Å². The Morgan fingerprint density at radius 1 is 0.698 bits per heavy atom. The van der Waals surface area contributed by atoms with Gasteiger partial charge in [0.15, 0.2) is 0 Å². The maximum Gasteiger partial charge on any atom is 0.295 e. The summed E-state index contributed by atoms with van der Waals surface area (Å²) in [6.07, 6.45) is 8.45. The van der Waals surface area contributed by atoms with Crippen LogP contribution in [0.15, 0.2) is 144 Å². The van der Waals surface area contributed by atoms with Crippen molar-refractivity contribution in [3.63, 3.8) is 0 Å². The number of allylic oxidation sites excluding steroid dienone is 3. The highest BCUT2D eigenvalue weighted by Crippen LogP contribution is 2.35. The van der Waals surface area contributed by atoms with Gasteiger partial charge in [-0.15, -0.1) is 0 Å².